The van der Waals surface area contributed by atoms with Crippen LogP contribution in [0.3, 0.4) is 0 Å². The number of nitrogens with two attached hydrogens (primary N) is 1. The number of nitrogen functional groups attached to an aromatic ring is 1. The Labute approximate surface area is 68.2 Å². The van der Waals surface area contributed by atoms with Crippen molar-refractivity contribution < 1.29 is 0 Å². The van der Waals surface area contributed by atoms with Crippen molar-refractivity contribution in [2.45, 2.75) is 0 Å². The van der Waals surface area contributed by atoms with Crippen molar-refractivity contribution in [3.05, 3.63) is 23.4 Å². The Morgan fingerprint density at radius 3 is 3.09 bits per heavy atom. The van der Waals surface area contributed by atoms with Crippen molar-refractivity contribution in [2.24, 2.45) is 0 Å². The van der Waals surface area contributed by atoms with Gasteiger partial charge in [-0.25, -0.2) is 4.98 Å². The van der Waals surface area contributed by atoms with E-state index in [4.69, 9.17) is 17.3 Å². The summed E-state index contributed by atoms with van der Waals surface area (Å²) in [6, 6.07) is 3.58. The number of aromatic nitrogens is 2. The SMILES string of the molecule is Nc1ccc2[nH]cc(Cl)c2n1. The average molecular weight is 168 g/mol. The number of H-pyrrole nitrogens is 1. The van der Waals surface area contributed by atoms with E-state index in [-0.39, 0.29) is 0 Å². The molecule has 0 atom stereocenters. The molecule has 2 rings (SSSR count). The topological polar surface area (TPSA) is 54.7 Å². The highest BCUT2D eigenvalue weighted by molar-refractivity contribution is 6.35. The third-order valence-electron chi connectivity index (χ3n) is 1.50. The normalized spacial score (nSPS) is 10.6. The van der Waals surface area contributed by atoms with Crippen LogP contribution >= 0.6 is 11.6 Å². The number of pyridine rings is 1. The van der Waals surface area contributed by atoms with Gasteiger partial charge < -0.3 is 10.7 Å². The lowest BCUT2D eigenvalue weighted by molar-refractivity contribution is 1.41. The van der Waals surface area contributed by atoms with Crippen LogP contribution in [0, 0.1) is 0 Å². The summed E-state index contributed by atoms with van der Waals surface area (Å²) in [6.45, 7) is 0. The number of hydrogen-bond acceptors (Lipinski definition) is 2. The molecular formula is C7H6ClN3. The Hall–Kier alpha value is -1.22. The molecule has 0 fully saturated rings. The standard InChI is InChI=1S/C7H6ClN3/c8-4-3-10-5-1-2-6(9)11-7(4)5/h1-3,10H,(H2,9,11). The first-order chi connectivity index (χ1) is 5.27. The molecule has 0 amide bonds. The number of hydrogen-bond donors (Lipinski definition) is 2. The van der Waals surface area contributed by atoms with Gasteiger partial charge in [0, 0.05) is 6.20 Å². The van der Waals surface area contributed by atoms with E-state index in [2.05, 4.69) is 9.97 Å². The molecule has 2 heterocycles. The van der Waals surface area contributed by atoms with Gasteiger partial charge in [0.15, 0.2) is 0 Å². The second-order valence-corrected chi connectivity index (χ2v) is 2.68. The van der Waals surface area contributed by atoms with E-state index in [1.165, 1.54) is 0 Å². The zero-order valence-electron chi connectivity index (χ0n) is 5.63. The van der Waals surface area contributed by atoms with Crippen LogP contribution in [0.25, 0.3) is 11.0 Å². The van der Waals surface area contributed by atoms with E-state index in [1.54, 1.807) is 12.3 Å². The highest BCUT2D eigenvalue weighted by Crippen LogP contribution is 2.21. The number of aromatic amines is 1. The predicted octanol–water partition coefficient (Wildman–Crippen LogP) is 1.80. The summed E-state index contributed by atoms with van der Waals surface area (Å²) in [5, 5.41) is 0.604. The summed E-state index contributed by atoms with van der Waals surface area (Å²) in [5.74, 6) is 0.485. The van der Waals surface area contributed by atoms with Gasteiger partial charge in [-0.2, -0.15) is 0 Å². The molecule has 3 nitrogen and oxygen atoms in total. The molecule has 4 heteroatoms. The minimum Gasteiger partial charge on any atom is -0.384 e. The van der Waals surface area contributed by atoms with E-state index >= 15 is 0 Å². The molecule has 0 radical (unpaired) electrons. The van der Waals surface area contributed by atoms with E-state index in [1.807, 2.05) is 6.07 Å². The fraction of sp³-hybridized carbons (Fsp3) is 0. The summed E-state index contributed by atoms with van der Waals surface area (Å²) in [6.07, 6.45) is 1.69. The molecular weight excluding hydrogens is 162 g/mol. The smallest absolute Gasteiger partial charge is 0.124 e. The Kier molecular flexibility index (Phi) is 1.26. The molecule has 0 saturated carbocycles. The molecule has 2 aromatic rings. The first-order valence-electron chi connectivity index (χ1n) is 3.16. The van der Waals surface area contributed by atoms with Crippen LogP contribution in [0.2, 0.25) is 5.02 Å². The first kappa shape index (κ1) is 6.49. The Morgan fingerprint density at radius 1 is 1.45 bits per heavy atom. The molecule has 56 valence electrons. The molecule has 0 aliphatic heterocycles. The third kappa shape index (κ3) is 0.935. The summed E-state index contributed by atoms with van der Waals surface area (Å²) in [7, 11) is 0. The summed E-state index contributed by atoms with van der Waals surface area (Å²) in [5.41, 5.74) is 7.10. The minimum atomic E-state index is 0.485. The Balaban J connectivity index is 2.87. The largest absolute Gasteiger partial charge is 0.384 e. The van der Waals surface area contributed by atoms with Gasteiger partial charge in [-0.05, 0) is 12.1 Å². The van der Waals surface area contributed by atoms with Gasteiger partial charge in [0.25, 0.3) is 0 Å². The number of rotatable bonds is 0. The van der Waals surface area contributed by atoms with E-state index < -0.39 is 0 Å². The second-order valence-electron chi connectivity index (χ2n) is 2.27. The molecule has 11 heavy (non-hydrogen) atoms. The number of nitrogens with zero attached hydrogens (tertiary/aromatic N) is 1. The van der Waals surface area contributed by atoms with E-state index in [0.717, 1.165) is 11.0 Å². The van der Waals surface area contributed by atoms with Gasteiger partial charge in [-0.3, -0.25) is 0 Å². The van der Waals surface area contributed by atoms with Crippen LogP contribution in [0.4, 0.5) is 5.82 Å². The predicted molar refractivity (Wildman–Crippen MR) is 45.5 cm³/mol. The van der Waals surface area contributed by atoms with Gasteiger partial charge in [0.2, 0.25) is 0 Å². The highest BCUT2D eigenvalue weighted by Gasteiger charge is 2.01. The third-order valence-corrected chi connectivity index (χ3v) is 1.79. The fourth-order valence-corrected chi connectivity index (χ4v) is 1.18. The molecule has 2 aromatic heterocycles. The zero-order valence-corrected chi connectivity index (χ0v) is 6.39. The highest BCUT2D eigenvalue weighted by atomic mass is 35.5. The zero-order chi connectivity index (χ0) is 7.84. The number of anilines is 1. The van der Waals surface area contributed by atoms with Crippen molar-refractivity contribution in [1.29, 1.82) is 0 Å². The Bertz CT molecular complexity index is 393. The van der Waals surface area contributed by atoms with Crippen LogP contribution in [-0.4, -0.2) is 9.97 Å². The molecule has 0 aliphatic rings. The van der Waals surface area contributed by atoms with Gasteiger partial charge >= 0.3 is 0 Å². The second kappa shape index (κ2) is 2.13. The van der Waals surface area contributed by atoms with Crippen LogP contribution in [0.1, 0.15) is 0 Å². The van der Waals surface area contributed by atoms with Gasteiger partial charge in [0.1, 0.15) is 11.3 Å². The van der Waals surface area contributed by atoms with Crippen molar-refractivity contribution in [2.75, 3.05) is 5.73 Å². The van der Waals surface area contributed by atoms with Gasteiger partial charge in [-0.1, -0.05) is 11.6 Å². The van der Waals surface area contributed by atoms with Crippen molar-refractivity contribution in [3.8, 4) is 0 Å². The summed E-state index contributed by atoms with van der Waals surface area (Å²) < 4.78 is 0. The molecule has 0 aliphatic carbocycles. The molecule has 0 bridgehead atoms. The maximum Gasteiger partial charge on any atom is 0.124 e. The summed E-state index contributed by atoms with van der Waals surface area (Å²) >= 11 is 5.80. The molecule has 0 spiro atoms. The van der Waals surface area contributed by atoms with Gasteiger partial charge in [-0.15, -0.1) is 0 Å². The quantitative estimate of drug-likeness (QED) is 0.629. The van der Waals surface area contributed by atoms with Crippen molar-refractivity contribution in [3.63, 3.8) is 0 Å². The molecule has 0 aromatic carbocycles. The van der Waals surface area contributed by atoms with Gasteiger partial charge in [0.05, 0.1) is 10.5 Å². The average Bonchev–Trinajstić information content (AvgIpc) is 2.33. The minimum absolute atomic E-state index is 0.485. The summed E-state index contributed by atoms with van der Waals surface area (Å²) in [4.78, 5) is 7.01. The van der Waals surface area contributed by atoms with E-state index in [0.29, 0.717) is 10.8 Å². The van der Waals surface area contributed by atoms with E-state index in [9.17, 15) is 0 Å². The first-order valence-corrected chi connectivity index (χ1v) is 3.54. The lowest BCUT2D eigenvalue weighted by atomic mass is 10.4. The maximum absolute atomic E-state index is 5.80. The monoisotopic (exact) mass is 167 g/mol. The van der Waals surface area contributed by atoms with Crippen LogP contribution < -0.4 is 5.73 Å². The fourth-order valence-electron chi connectivity index (χ4n) is 0.982. The number of nitrogens with one attached hydrogen (secondary N) is 1. The molecule has 3 N–H and O–H groups in total. The van der Waals surface area contributed by atoms with Crippen LogP contribution in [-0.2, 0) is 0 Å². The molecule has 0 unspecified atom stereocenters. The van der Waals surface area contributed by atoms with Crippen LogP contribution in [0.5, 0.6) is 0 Å². The van der Waals surface area contributed by atoms with Crippen molar-refractivity contribution in [1.82, 2.24) is 9.97 Å². The van der Waals surface area contributed by atoms with Crippen molar-refractivity contribution >= 4 is 28.5 Å². The molecule has 0 saturated heterocycles. The van der Waals surface area contributed by atoms with Crippen LogP contribution in [0.15, 0.2) is 18.3 Å². The number of fused-ring (bicyclic) bond motifs is 1. The lowest BCUT2D eigenvalue weighted by Gasteiger charge is -1.91. The number of halogens is 1. The Morgan fingerprint density at radius 2 is 2.27 bits per heavy atom. The maximum atomic E-state index is 5.80. The lowest BCUT2D eigenvalue weighted by Crippen LogP contribution is -1.87.